The lowest BCUT2D eigenvalue weighted by Gasteiger charge is -2.29. The van der Waals surface area contributed by atoms with Crippen molar-refractivity contribution >= 4 is 0 Å². The Bertz CT molecular complexity index is 251. The molecule has 0 amide bonds. The lowest BCUT2D eigenvalue weighted by molar-refractivity contribution is -0.546. The molecule has 0 heterocycles. The van der Waals surface area contributed by atoms with E-state index in [2.05, 4.69) is 0 Å². The fraction of sp³-hybridized carbons (Fsp3) is 1.00. The molecule has 0 rings (SSSR count). The molecule has 0 spiro atoms. The molecular formula is C16H34O6. The molecule has 0 aromatic rings. The van der Waals surface area contributed by atoms with Gasteiger partial charge >= 0.3 is 0 Å². The highest BCUT2D eigenvalue weighted by molar-refractivity contribution is 4.55. The summed E-state index contributed by atoms with van der Waals surface area (Å²) in [6, 6.07) is 0. The molecule has 0 aliphatic heterocycles. The average Bonchev–Trinajstić information content (AvgIpc) is 2.50. The molecule has 0 aliphatic carbocycles. The van der Waals surface area contributed by atoms with Crippen molar-refractivity contribution in [1.82, 2.24) is 0 Å². The van der Waals surface area contributed by atoms with Crippen molar-refractivity contribution in [2.24, 2.45) is 0 Å². The molecule has 6 nitrogen and oxygen atoms in total. The Kier molecular flexibility index (Phi) is 11.2. The largest absolute Gasteiger partial charge is 0.347 e. The van der Waals surface area contributed by atoms with Crippen LogP contribution in [0.1, 0.15) is 74.7 Å². The molecule has 0 aliphatic rings. The predicted octanol–water partition coefficient (Wildman–Crippen LogP) is 4.33. The van der Waals surface area contributed by atoms with Gasteiger partial charge in [-0.25, -0.2) is 9.78 Å². The zero-order valence-electron chi connectivity index (χ0n) is 15.4. The number of hydrogen-bond acceptors (Lipinski definition) is 6. The van der Waals surface area contributed by atoms with Gasteiger partial charge in [-0.2, -0.15) is 9.78 Å². The Labute approximate surface area is 135 Å². The zero-order valence-corrected chi connectivity index (χ0v) is 15.4. The van der Waals surface area contributed by atoms with Gasteiger partial charge in [-0.1, -0.05) is 20.8 Å². The smallest absolute Gasteiger partial charge is 0.231 e. The monoisotopic (exact) mass is 322 g/mol. The molecule has 6 heteroatoms. The molecule has 134 valence electrons. The minimum Gasteiger partial charge on any atom is -0.347 e. The minimum absolute atomic E-state index is 0.104. The minimum atomic E-state index is -1.03. The van der Waals surface area contributed by atoms with Crippen LogP contribution in [0.2, 0.25) is 0 Å². The highest BCUT2D eigenvalue weighted by atomic mass is 17.3. The molecule has 0 aromatic carbocycles. The van der Waals surface area contributed by atoms with Gasteiger partial charge in [0.25, 0.3) is 0 Å². The van der Waals surface area contributed by atoms with Crippen LogP contribution in [0.5, 0.6) is 0 Å². The van der Waals surface area contributed by atoms with E-state index in [1.165, 1.54) is 0 Å². The molecule has 0 N–H and O–H groups in total. The quantitative estimate of drug-likeness (QED) is 0.286. The van der Waals surface area contributed by atoms with Gasteiger partial charge < -0.3 is 9.47 Å². The van der Waals surface area contributed by atoms with Gasteiger partial charge in [0, 0.05) is 6.42 Å². The third-order valence-corrected chi connectivity index (χ3v) is 3.36. The van der Waals surface area contributed by atoms with E-state index in [0.29, 0.717) is 6.42 Å². The van der Waals surface area contributed by atoms with Crippen molar-refractivity contribution in [2.45, 2.75) is 105 Å². The van der Waals surface area contributed by atoms with Crippen LogP contribution < -0.4 is 0 Å². The molecule has 0 radical (unpaired) electrons. The van der Waals surface area contributed by atoms with Crippen LogP contribution in [0, 0.1) is 0 Å². The summed E-state index contributed by atoms with van der Waals surface area (Å²) in [4.78, 5) is 21.2. The second-order valence-electron chi connectivity index (χ2n) is 5.69. The van der Waals surface area contributed by atoms with E-state index in [1.807, 2.05) is 34.6 Å². The van der Waals surface area contributed by atoms with Crippen LogP contribution in [0.4, 0.5) is 0 Å². The summed E-state index contributed by atoms with van der Waals surface area (Å²) in [6.45, 7) is 15.2. The maximum absolute atomic E-state index is 5.56. The van der Waals surface area contributed by atoms with Crippen LogP contribution >= 0.6 is 0 Å². The molecule has 4 atom stereocenters. The lowest BCUT2D eigenvalue weighted by Crippen LogP contribution is -2.36. The molecule has 0 saturated heterocycles. The maximum Gasteiger partial charge on any atom is 0.231 e. The van der Waals surface area contributed by atoms with Crippen molar-refractivity contribution in [3.8, 4) is 0 Å². The Morgan fingerprint density at radius 2 is 1.09 bits per heavy atom. The van der Waals surface area contributed by atoms with Gasteiger partial charge in [0.05, 0.1) is 12.2 Å². The summed E-state index contributed by atoms with van der Waals surface area (Å²) in [6.07, 6.45) is 1.58. The highest BCUT2D eigenvalue weighted by Crippen LogP contribution is 2.21. The fourth-order valence-electron chi connectivity index (χ4n) is 1.36. The summed E-state index contributed by atoms with van der Waals surface area (Å²) in [5.41, 5.74) is 0. The first-order valence-electron chi connectivity index (χ1n) is 8.26. The van der Waals surface area contributed by atoms with E-state index < -0.39 is 18.4 Å². The standard InChI is InChI=1S/C16H34O6/c1-9-12(4)17-14(6)19-21-16(8,11-3)22-20-15(7)18-13(5)10-2/h12-15H,9-11H2,1-8H3. The van der Waals surface area contributed by atoms with E-state index in [4.69, 9.17) is 29.0 Å². The Morgan fingerprint density at radius 1 is 0.727 bits per heavy atom. The van der Waals surface area contributed by atoms with Crippen LogP contribution in [0.15, 0.2) is 0 Å². The molecular weight excluding hydrogens is 288 g/mol. The van der Waals surface area contributed by atoms with Crippen LogP contribution in [-0.4, -0.2) is 30.6 Å². The molecule has 4 unspecified atom stereocenters. The van der Waals surface area contributed by atoms with E-state index in [-0.39, 0.29) is 12.2 Å². The van der Waals surface area contributed by atoms with Gasteiger partial charge in [-0.05, 0) is 47.5 Å². The summed E-state index contributed by atoms with van der Waals surface area (Å²) < 4.78 is 11.1. The second kappa shape index (κ2) is 11.3. The first-order valence-corrected chi connectivity index (χ1v) is 8.26. The summed E-state index contributed by atoms with van der Waals surface area (Å²) in [7, 11) is 0. The SMILES string of the molecule is CCC(C)OC(C)OOC(C)(CC)OOC(C)OC(C)CC. The van der Waals surface area contributed by atoms with E-state index >= 15 is 0 Å². The van der Waals surface area contributed by atoms with E-state index in [9.17, 15) is 0 Å². The van der Waals surface area contributed by atoms with Crippen molar-refractivity contribution in [1.29, 1.82) is 0 Å². The third kappa shape index (κ3) is 9.71. The van der Waals surface area contributed by atoms with Crippen molar-refractivity contribution < 1.29 is 29.0 Å². The Hall–Kier alpha value is -0.240. The van der Waals surface area contributed by atoms with Gasteiger partial charge in [0.15, 0.2) is 12.6 Å². The summed E-state index contributed by atoms with van der Waals surface area (Å²) in [5, 5.41) is 0. The lowest BCUT2D eigenvalue weighted by atomic mass is 10.2. The molecule has 0 fully saturated rings. The highest BCUT2D eigenvalue weighted by Gasteiger charge is 2.29. The summed E-state index contributed by atoms with van der Waals surface area (Å²) in [5.74, 6) is -1.03. The first-order chi connectivity index (χ1) is 10.3. The number of hydrogen-bond donors (Lipinski definition) is 0. The molecule has 0 saturated carbocycles. The Balaban J connectivity index is 4.17. The Morgan fingerprint density at radius 3 is 1.36 bits per heavy atom. The fourth-order valence-corrected chi connectivity index (χ4v) is 1.36. The van der Waals surface area contributed by atoms with E-state index in [1.54, 1.807) is 20.8 Å². The van der Waals surface area contributed by atoms with Gasteiger partial charge in [0.2, 0.25) is 5.79 Å². The zero-order chi connectivity index (χ0) is 17.2. The second-order valence-corrected chi connectivity index (χ2v) is 5.69. The number of rotatable bonds is 13. The summed E-state index contributed by atoms with van der Waals surface area (Å²) >= 11 is 0. The van der Waals surface area contributed by atoms with Crippen LogP contribution in [-0.2, 0) is 29.0 Å². The molecule has 0 aromatic heterocycles. The van der Waals surface area contributed by atoms with Crippen LogP contribution in [0.25, 0.3) is 0 Å². The van der Waals surface area contributed by atoms with Crippen molar-refractivity contribution in [3.05, 3.63) is 0 Å². The van der Waals surface area contributed by atoms with Crippen LogP contribution in [0.3, 0.4) is 0 Å². The topological polar surface area (TPSA) is 55.4 Å². The van der Waals surface area contributed by atoms with Gasteiger partial charge in [0.1, 0.15) is 0 Å². The molecule has 22 heavy (non-hydrogen) atoms. The van der Waals surface area contributed by atoms with Gasteiger partial charge in [-0.15, -0.1) is 0 Å². The first kappa shape index (κ1) is 21.8. The number of ether oxygens (including phenoxy) is 2. The third-order valence-electron chi connectivity index (χ3n) is 3.36. The van der Waals surface area contributed by atoms with Gasteiger partial charge in [-0.3, -0.25) is 0 Å². The van der Waals surface area contributed by atoms with E-state index in [0.717, 1.165) is 12.8 Å². The molecule has 0 bridgehead atoms. The average molecular weight is 322 g/mol. The predicted molar refractivity (Wildman–Crippen MR) is 83.6 cm³/mol. The van der Waals surface area contributed by atoms with Crippen molar-refractivity contribution in [3.63, 3.8) is 0 Å². The van der Waals surface area contributed by atoms with Crippen molar-refractivity contribution in [2.75, 3.05) is 0 Å². The normalized spacial score (nSPS) is 20.2. The maximum atomic E-state index is 5.56.